The number of benzene rings is 1. The summed E-state index contributed by atoms with van der Waals surface area (Å²) in [5, 5.41) is 2.97. The van der Waals surface area contributed by atoms with Gasteiger partial charge in [0.05, 0.1) is 5.69 Å². The Morgan fingerprint density at radius 3 is 2.59 bits per heavy atom. The minimum absolute atomic E-state index is 0.0868. The van der Waals surface area contributed by atoms with E-state index < -0.39 is 0 Å². The average molecular weight is 368 g/mol. The second-order valence-electron chi connectivity index (χ2n) is 7.09. The summed E-state index contributed by atoms with van der Waals surface area (Å²) < 4.78 is 1.93. The maximum absolute atomic E-state index is 12.9. The van der Waals surface area contributed by atoms with Crippen molar-refractivity contribution >= 4 is 17.5 Å². The van der Waals surface area contributed by atoms with Crippen molar-refractivity contribution in [2.75, 3.05) is 18.4 Å². The Morgan fingerprint density at radius 1 is 1.19 bits per heavy atom. The molecular weight excluding hydrogens is 340 g/mol. The number of nitrogens with one attached hydrogen (secondary N) is 1. The van der Waals surface area contributed by atoms with Gasteiger partial charge >= 0.3 is 0 Å². The van der Waals surface area contributed by atoms with E-state index >= 15 is 0 Å². The van der Waals surface area contributed by atoms with E-state index in [1.807, 2.05) is 50.5 Å². The zero-order chi connectivity index (χ0) is 19.6. The van der Waals surface area contributed by atoms with Gasteiger partial charge in [-0.1, -0.05) is 17.7 Å². The molecule has 6 heteroatoms. The first-order valence-corrected chi connectivity index (χ1v) is 9.73. The van der Waals surface area contributed by atoms with E-state index in [0.717, 1.165) is 48.3 Å². The molecule has 1 aliphatic heterocycles. The number of carbonyl (C=O) groups is 2. The van der Waals surface area contributed by atoms with Crippen molar-refractivity contribution < 1.29 is 9.59 Å². The van der Waals surface area contributed by atoms with E-state index in [1.54, 1.807) is 4.90 Å². The van der Waals surface area contributed by atoms with Crippen molar-refractivity contribution in [3.63, 3.8) is 0 Å². The molecule has 1 aliphatic rings. The van der Waals surface area contributed by atoms with Gasteiger partial charge in [-0.15, -0.1) is 0 Å². The van der Waals surface area contributed by atoms with Crippen LogP contribution in [0.4, 0.5) is 5.69 Å². The van der Waals surface area contributed by atoms with E-state index in [9.17, 15) is 9.59 Å². The van der Waals surface area contributed by atoms with Gasteiger partial charge in [0.15, 0.2) is 5.82 Å². The topological polar surface area (TPSA) is 67.2 Å². The Balaban J connectivity index is 1.95. The molecule has 0 radical (unpaired) electrons. The van der Waals surface area contributed by atoms with E-state index in [0.29, 0.717) is 24.6 Å². The number of fused-ring (bicyclic) bond motifs is 1. The number of amides is 2. The number of rotatable bonds is 5. The van der Waals surface area contributed by atoms with Crippen LogP contribution in [0.15, 0.2) is 18.2 Å². The number of anilines is 1. The molecule has 2 aromatic rings. The summed E-state index contributed by atoms with van der Waals surface area (Å²) in [5.41, 5.74) is 4.26. The first-order valence-electron chi connectivity index (χ1n) is 9.73. The fraction of sp³-hybridized carbons (Fsp3) is 0.476. The minimum Gasteiger partial charge on any atom is -0.338 e. The molecule has 3 rings (SSSR count). The summed E-state index contributed by atoms with van der Waals surface area (Å²) in [6, 6.07) is 5.91. The quantitative estimate of drug-likeness (QED) is 0.877. The number of hydrogen-bond acceptors (Lipinski definition) is 3. The van der Waals surface area contributed by atoms with Crippen LogP contribution in [0.5, 0.6) is 0 Å². The number of carbonyl (C=O) groups excluding carboxylic acids is 2. The molecule has 0 saturated carbocycles. The number of hydrogen-bond donors (Lipinski definition) is 1. The minimum atomic E-state index is -0.260. The third-order valence-corrected chi connectivity index (χ3v) is 5.20. The highest BCUT2D eigenvalue weighted by Crippen LogP contribution is 2.24. The highest BCUT2D eigenvalue weighted by atomic mass is 16.2. The van der Waals surface area contributed by atoms with Gasteiger partial charge in [0.2, 0.25) is 0 Å². The van der Waals surface area contributed by atoms with Crippen LogP contribution in [0, 0.1) is 13.8 Å². The third-order valence-electron chi connectivity index (χ3n) is 5.20. The Bertz CT molecular complexity index is 865. The van der Waals surface area contributed by atoms with Gasteiger partial charge in [-0.3, -0.25) is 9.59 Å². The lowest BCUT2D eigenvalue weighted by Crippen LogP contribution is -2.31. The Morgan fingerprint density at radius 2 is 1.93 bits per heavy atom. The van der Waals surface area contributed by atoms with Gasteiger partial charge in [0.25, 0.3) is 11.8 Å². The molecule has 0 fully saturated rings. The second kappa shape index (κ2) is 7.94. The van der Waals surface area contributed by atoms with Gasteiger partial charge in [-0.25, -0.2) is 4.98 Å². The summed E-state index contributed by atoms with van der Waals surface area (Å²) in [4.78, 5) is 32.1. The zero-order valence-electron chi connectivity index (χ0n) is 16.6. The molecule has 6 nitrogen and oxygen atoms in total. The van der Waals surface area contributed by atoms with Crippen LogP contribution < -0.4 is 5.32 Å². The van der Waals surface area contributed by atoms with E-state index in [2.05, 4.69) is 10.3 Å². The van der Waals surface area contributed by atoms with Crippen molar-refractivity contribution in [2.45, 2.75) is 53.5 Å². The molecular formula is C21H28N4O2. The largest absolute Gasteiger partial charge is 0.338 e. The number of imidazole rings is 1. The second-order valence-corrected chi connectivity index (χ2v) is 7.09. The van der Waals surface area contributed by atoms with Gasteiger partial charge in [-0.05, 0) is 58.6 Å². The van der Waals surface area contributed by atoms with Gasteiger partial charge < -0.3 is 14.8 Å². The third kappa shape index (κ3) is 3.75. The lowest BCUT2D eigenvalue weighted by molar-refractivity contribution is 0.0766. The van der Waals surface area contributed by atoms with Crippen LogP contribution in [-0.2, 0) is 13.0 Å². The molecule has 2 amide bonds. The molecule has 1 aromatic heterocycles. The first-order chi connectivity index (χ1) is 13.0. The predicted molar refractivity (Wildman–Crippen MR) is 106 cm³/mol. The lowest BCUT2D eigenvalue weighted by atomic mass is 10.1. The van der Waals surface area contributed by atoms with Crippen molar-refractivity contribution in [1.82, 2.24) is 14.5 Å². The Labute approximate surface area is 160 Å². The standard InChI is InChI=1S/C21H28N4O2/c1-5-24(6-2)21(27)18-17-9-7-8-12-25(17)19(23-18)20(26)22-16-11-10-14(3)13-15(16)4/h10-11,13H,5-9,12H2,1-4H3,(H,22,26). The van der Waals surface area contributed by atoms with Crippen molar-refractivity contribution in [1.29, 1.82) is 0 Å². The number of aromatic nitrogens is 2. The molecule has 0 spiro atoms. The predicted octanol–water partition coefficient (Wildman–Crippen LogP) is 3.57. The van der Waals surface area contributed by atoms with Gasteiger partial charge in [0.1, 0.15) is 5.69 Å². The van der Waals surface area contributed by atoms with E-state index in [1.165, 1.54) is 0 Å². The molecule has 0 unspecified atom stereocenters. The van der Waals surface area contributed by atoms with Crippen molar-refractivity contribution in [2.24, 2.45) is 0 Å². The average Bonchev–Trinajstić information content (AvgIpc) is 3.04. The van der Waals surface area contributed by atoms with Crippen molar-refractivity contribution in [3.05, 3.63) is 46.5 Å². The van der Waals surface area contributed by atoms with Crippen LogP contribution in [0.2, 0.25) is 0 Å². The van der Waals surface area contributed by atoms with Crippen LogP contribution >= 0.6 is 0 Å². The van der Waals surface area contributed by atoms with Crippen LogP contribution in [0.25, 0.3) is 0 Å². The smallest absolute Gasteiger partial charge is 0.291 e. The molecule has 2 heterocycles. The molecule has 0 saturated heterocycles. The zero-order valence-corrected chi connectivity index (χ0v) is 16.6. The lowest BCUT2D eigenvalue weighted by Gasteiger charge is -2.20. The van der Waals surface area contributed by atoms with Crippen LogP contribution in [-0.4, -0.2) is 39.4 Å². The molecule has 0 aliphatic carbocycles. The fourth-order valence-corrected chi connectivity index (χ4v) is 3.68. The summed E-state index contributed by atoms with van der Waals surface area (Å²) in [6.07, 6.45) is 2.79. The van der Waals surface area contributed by atoms with Gasteiger partial charge in [-0.2, -0.15) is 0 Å². The van der Waals surface area contributed by atoms with E-state index in [4.69, 9.17) is 0 Å². The Kier molecular flexibility index (Phi) is 5.63. The van der Waals surface area contributed by atoms with Gasteiger partial charge in [0, 0.05) is 25.3 Å². The SMILES string of the molecule is CCN(CC)C(=O)c1nc(C(=O)Nc2ccc(C)cc2C)n2c1CCCC2. The molecule has 144 valence electrons. The normalized spacial score (nSPS) is 13.2. The first kappa shape index (κ1) is 19.1. The van der Waals surface area contributed by atoms with Crippen LogP contribution in [0.1, 0.15) is 64.6 Å². The summed E-state index contributed by atoms with van der Waals surface area (Å²) in [5.74, 6) is -0.0138. The molecule has 0 atom stereocenters. The monoisotopic (exact) mass is 368 g/mol. The molecule has 1 aromatic carbocycles. The maximum Gasteiger partial charge on any atom is 0.291 e. The highest BCUT2D eigenvalue weighted by Gasteiger charge is 2.29. The summed E-state index contributed by atoms with van der Waals surface area (Å²) in [7, 11) is 0. The number of nitrogens with zero attached hydrogens (tertiary/aromatic N) is 3. The fourth-order valence-electron chi connectivity index (χ4n) is 3.68. The summed E-state index contributed by atoms with van der Waals surface area (Å²) in [6.45, 7) is 9.89. The van der Waals surface area contributed by atoms with Crippen molar-refractivity contribution in [3.8, 4) is 0 Å². The maximum atomic E-state index is 12.9. The molecule has 27 heavy (non-hydrogen) atoms. The molecule has 1 N–H and O–H groups in total. The van der Waals surface area contributed by atoms with E-state index in [-0.39, 0.29) is 11.8 Å². The molecule has 0 bridgehead atoms. The Hall–Kier alpha value is -2.63. The summed E-state index contributed by atoms with van der Waals surface area (Å²) >= 11 is 0. The highest BCUT2D eigenvalue weighted by molar-refractivity contribution is 6.04. The van der Waals surface area contributed by atoms with Crippen LogP contribution in [0.3, 0.4) is 0 Å². The number of aryl methyl sites for hydroxylation is 2.